The van der Waals surface area contributed by atoms with Crippen molar-refractivity contribution in [1.29, 1.82) is 0 Å². The number of rotatable bonds is 11. The van der Waals surface area contributed by atoms with Crippen molar-refractivity contribution in [2.45, 2.75) is 36.9 Å². The number of fused-ring (bicyclic) bond motifs is 1. The van der Waals surface area contributed by atoms with Gasteiger partial charge in [0.25, 0.3) is 17.4 Å². The molecule has 0 saturated carbocycles. The molecule has 1 aromatic heterocycles. The molecule has 1 atom stereocenters. The summed E-state index contributed by atoms with van der Waals surface area (Å²) in [5, 5.41) is 30.7. The van der Waals surface area contributed by atoms with Crippen LogP contribution in [0.1, 0.15) is 30.1 Å². The zero-order chi connectivity index (χ0) is 32.4. The molecular formula is C28H34Cl2N4O9S. The number of aliphatic carboxylic acids is 1. The van der Waals surface area contributed by atoms with Crippen LogP contribution in [0.3, 0.4) is 0 Å². The maximum Gasteiger partial charge on any atom is 0.300 e. The number of aliphatic hydroxyl groups excluding tert-OH is 2. The molecule has 0 radical (unpaired) electrons. The molecule has 1 saturated heterocycles. The molecule has 0 unspecified atom stereocenters. The van der Waals surface area contributed by atoms with Crippen molar-refractivity contribution in [2.75, 3.05) is 39.3 Å². The summed E-state index contributed by atoms with van der Waals surface area (Å²) in [7, 11) is -3.94. The van der Waals surface area contributed by atoms with Gasteiger partial charge in [0.1, 0.15) is 11.9 Å². The molecule has 240 valence electrons. The molecular weight excluding hydrogens is 639 g/mol. The highest BCUT2D eigenvalue weighted by Gasteiger charge is 2.23. The lowest BCUT2D eigenvalue weighted by molar-refractivity contribution is -0.134. The minimum atomic E-state index is -3.94. The van der Waals surface area contributed by atoms with E-state index in [-0.39, 0.29) is 47.0 Å². The van der Waals surface area contributed by atoms with Gasteiger partial charge in [-0.25, -0.2) is 13.1 Å². The molecule has 16 heteroatoms. The van der Waals surface area contributed by atoms with Crippen LogP contribution in [0, 0.1) is 0 Å². The number of pyridine rings is 1. The Bertz CT molecular complexity index is 1620. The first-order valence-corrected chi connectivity index (χ1v) is 15.8. The third-order valence-corrected chi connectivity index (χ3v) is 8.73. The van der Waals surface area contributed by atoms with Gasteiger partial charge < -0.3 is 35.3 Å². The van der Waals surface area contributed by atoms with E-state index in [1.54, 1.807) is 18.2 Å². The Hall–Kier alpha value is -3.24. The molecule has 44 heavy (non-hydrogen) atoms. The normalized spacial score (nSPS) is 14.8. The van der Waals surface area contributed by atoms with Gasteiger partial charge in [0.2, 0.25) is 10.0 Å². The summed E-state index contributed by atoms with van der Waals surface area (Å²) >= 11 is 12.0. The molecule has 3 aromatic rings. The highest BCUT2D eigenvalue weighted by molar-refractivity contribution is 7.89. The number of β-amino-alcohol motifs (C(OH)–C–C–N with tert-alkyl or cyclic N) is 1. The van der Waals surface area contributed by atoms with Crippen LogP contribution in [0.4, 0.5) is 0 Å². The third kappa shape index (κ3) is 10.2. The van der Waals surface area contributed by atoms with Crippen molar-refractivity contribution in [2.24, 2.45) is 0 Å². The second-order valence-corrected chi connectivity index (χ2v) is 12.5. The maximum absolute atomic E-state index is 12.9. The summed E-state index contributed by atoms with van der Waals surface area (Å²) < 4.78 is 32.9. The summed E-state index contributed by atoms with van der Waals surface area (Å²) in [6.07, 6.45) is 1.95. The summed E-state index contributed by atoms with van der Waals surface area (Å²) in [6, 6.07) is 8.99. The molecule has 2 aromatic carbocycles. The first-order valence-electron chi connectivity index (χ1n) is 13.6. The van der Waals surface area contributed by atoms with Crippen LogP contribution in [-0.4, -0.2) is 97.0 Å². The lowest BCUT2D eigenvalue weighted by Crippen LogP contribution is -2.45. The quantitative estimate of drug-likeness (QED) is 0.175. The van der Waals surface area contributed by atoms with Gasteiger partial charge in [0.15, 0.2) is 0 Å². The number of benzene rings is 2. The number of aromatic amines is 1. The van der Waals surface area contributed by atoms with Gasteiger partial charge in [-0.3, -0.25) is 14.4 Å². The lowest BCUT2D eigenvalue weighted by atomic mass is 10.1. The molecule has 2 heterocycles. The first kappa shape index (κ1) is 35.2. The highest BCUT2D eigenvalue weighted by atomic mass is 35.5. The Morgan fingerprint density at radius 1 is 1.11 bits per heavy atom. The van der Waals surface area contributed by atoms with Gasteiger partial charge in [-0.15, -0.1) is 0 Å². The maximum atomic E-state index is 12.9. The number of aliphatic hydroxyl groups is 2. The van der Waals surface area contributed by atoms with Crippen LogP contribution < -0.4 is 20.3 Å². The van der Waals surface area contributed by atoms with E-state index in [1.807, 2.05) is 0 Å². The van der Waals surface area contributed by atoms with Gasteiger partial charge in [-0.2, -0.15) is 0 Å². The fourth-order valence-corrected chi connectivity index (χ4v) is 5.81. The molecule has 0 bridgehead atoms. The summed E-state index contributed by atoms with van der Waals surface area (Å²) in [5.74, 6) is -0.704. The zero-order valence-corrected chi connectivity index (χ0v) is 26.1. The highest BCUT2D eigenvalue weighted by Crippen LogP contribution is 2.28. The van der Waals surface area contributed by atoms with Gasteiger partial charge in [-0.1, -0.05) is 29.3 Å². The van der Waals surface area contributed by atoms with Crippen molar-refractivity contribution < 1.29 is 38.1 Å². The number of piperidine rings is 1. The van der Waals surface area contributed by atoms with E-state index in [2.05, 4.69) is 19.9 Å². The van der Waals surface area contributed by atoms with Crippen LogP contribution in [0.5, 0.6) is 5.75 Å². The second-order valence-electron chi connectivity index (χ2n) is 9.94. The fraction of sp³-hybridized carbons (Fsp3) is 0.393. The second kappa shape index (κ2) is 16.2. The number of amides is 1. The number of hydrogen-bond acceptors (Lipinski definition) is 9. The summed E-state index contributed by atoms with van der Waals surface area (Å²) in [5.41, 5.74) is -0.424. The topological polar surface area (TPSA) is 198 Å². The summed E-state index contributed by atoms with van der Waals surface area (Å²) in [4.78, 5) is 38.7. The zero-order valence-electron chi connectivity index (χ0n) is 23.8. The molecule has 6 N–H and O–H groups in total. The fourth-order valence-electron chi connectivity index (χ4n) is 4.48. The minimum Gasteiger partial charge on any atom is -0.490 e. The SMILES string of the molecule is CC(=O)O.O=C(NC[C@@H](O)CN1CCC(Oc2ccc(Cl)c(Cl)c2)CC1)c1c[nH]c(=O)c2cc(S(=O)(=O)NCCO)ccc12. The van der Waals surface area contributed by atoms with Crippen molar-refractivity contribution in [3.63, 3.8) is 0 Å². The Morgan fingerprint density at radius 3 is 2.43 bits per heavy atom. The number of nitrogens with zero attached hydrogens (tertiary/aromatic N) is 1. The average molecular weight is 674 g/mol. The number of H-pyrrole nitrogens is 1. The first-order chi connectivity index (χ1) is 20.8. The van der Waals surface area contributed by atoms with E-state index < -0.39 is 33.6 Å². The smallest absolute Gasteiger partial charge is 0.300 e. The Kier molecular flexibility index (Phi) is 13.0. The van der Waals surface area contributed by atoms with E-state index in [9.17, 15) is 23.1 Å². The van der Waals surface area contributed by atoms with Gasteiger partial charge in [-0.05, 0) is 37.1 Å². The number of carbonyl (C=O) groups is 2. The Balaban J connectivity index is 0.00000124. The largest absolute Gasteiger partial charge is 0.490 e. The van der Waals surface area contributed by atoms with Crippen molar-refractivity contribution >= 4 is 55.9 Å². The van der Waals surface area contributed by atoms with E-state index >= 15 is 0 Å². The lowest BCUT2D eigenvalue weighted by Gasteiger charge is -2.33. The van der Waals surface area contributed by atoms with Crippen LogP contribution in [0.2, 0.25) is 10.0 Å². The van der Waals surface area contributed by atoms with E-state index in [0.29, 0.717) is 35.4 Å². The number of likely N-dealkylation sites (tertiary alicyclic amines) is 1. The molecule has 1 amide bonds. The summed E-state index contributed by atoms with van der Waals surface area (Å²) in [6.45, 7) is 2.28. The average Bonchev–Trinajstić information content (AvgIpc) is 2.97. The van der Waals surface area contributed by atoms with Gasteiger partial charge >= 0.3 is 0 Å². The molecule has 0 spiro atoms. The van der Waals surface area contributed by atoms with Crippen LogP contribution in [0.25, 0.3) is 10.8 Å². The van der Waals surface area contributed by atoms with Gasteiger partial charge in [0.05, 0.1) is 33.2 Å². The number of sulfonamides is 1. The predicted octanol–water partition coefficient (Wildman–Crippen LogP) is 1.83. The van der Waals surface area contributed by atoms with Crippen LogP contribution in [0.15, 0.2) is 52.3 Å². The standard InChI is InChI=1S/C26H30Cl2N4O7S.C2H4O2/c27-23-4-1-18(11-24(23)28)39-17-5-8-32(9-6-17)15-16(34)13-29-26(36)22-14-30-25(35)21-12-19(2-3-20(21)22)40(37,38)31-7-10-33;1-2(3)4/h1-4,11-12,14,16-17,31,33-34H,5-10,13,15H2,(H,29,36)(H,30,35);1H3,(H,3,4)/t16-;/m1./s1. The number of ether oxygens (including phenoxy) is 1. The molecule has 4 rings (SSSR count). The number of hydrogen-bond donors (Lipinski definition) is 6. The molecule has 1 fully saturated rings. The number of aromatic nitrogens is 1. The van der Waals surface area contributed by atoms with E-state index in [0.717, 1.165) is 19.8 Å². The monoisotopic (exact) mass is 672 g/mol. The predicted molar refractivity (Wildman–Crippen MR) is 165 cm³/mol. The van der Waals surface area contributed by atoms with Crippen molar-refractivity contribution in [1.82, 2.24) is 19.9 Å². The van der Waals surface area contributed by atoms with Crippen LogP contribution >= 0.6 is 23.2 Å². The van der Waals surface area contributed by atoms with E-state index in [1.165, 1.54) is 24.4 Å². The molecule has 13 nitrogen and oxygen atoms in total. The Morgan fingerprint density at radius 2 is 1.80 bits per heavy atom. The number of halogens is 2. The minimum absolute atomic E-state index is 0.0137. The van der Waals surface area contributed by atoms with Crippen molar-refractivity contribution in [3.05, 3.63) is 68.6 Å². The number of carbonyl (C=O) groups excluding carboxylic acids is 1. The van der Waals surface area contributed by atoms with E-state index in [4.69, 9.17) is 42.9 Å². The molecule has 0 aliphatic carbocycles. The van der Waals surface area contributed by atoms with Crippen molar-refractivity contribution in [3.8, 4) is 5.75 Å². The van der Waals surface area contributed by atoms with Crippen LogP contribution in [-0.2, 0) is 14.8 Å². The number of carboxylic acid groups (broad SMARTS) is 1. The molecule has 1 aliphatic rings. The Labute approximate surface area is 263 Å². The third-order valence-electron chi connectivity index (χ3n) is 6.53. The number of nitrogens with one attached hydrogen (secondary N) is 3. The number of carboxylic acids is 1. The molecule has 1 aliphatic heterocycles. The van der Waals surface area contributed by atoms with Gasteiger partial charge in [0, 0.05) is 62.7 Å².